The van der Waals surface area contributed by atoms with Crippen molar-refractivity contribution >= 4 is 39.9 Å². The third-order valence-corrected chi connectivity index (χ3v) is 7.28. The van der Waals surface area contributed by atoms with Gasteiger partial charge in [-0.3, -0.25) is 19.7 Å². The number of nitrogens with zero attached hydrogens (tertiary/aromatic N) is 1. The summed E-state index contributed by atoms with van der Waals surface area (Å²) < 4.78 is 0. The molecular weight excluding hydrogens is 402 g/mol. The highest BCUT2D eigenvalue weighted by Gasteiger charge is 2.71. The predicted molar refractivity (Wildman–Crippen MR) is 122 cm³/mol. The molecule has 0 saturated carbocycles. The molecule has 6 heteroatoms. The predicted octanol–water partition coefficient (Wildman–Crippen LogP) is 3.42. The minimum Gasteiger partial charge on any atom is -0.324 e. The second-order valence-electron chi connectivity index (χ2n) is 9.24. The molecule has 6 nitrogen and oxygen atoms in total. The Kier molecular flexibility index (Phi) is 3.90. The number of fused-ring (bicyclic) bond motifs is 5. The highest BCUT2D eigenvalue weighted by atomic mass is 16.2. The number of hydrogen-bond acceptors (Lipinski definition) is 4. The van der Waals surface area contributed by atoms with E-state index in [9.17, 15) is 14.4 Å². The fourth-order valence-electron chi connectivity index (χ4n) is 5.90. The minimum absolute atomic E-state index is 0.0617. The summed E-state index contributed by atoms with van der Waals surface area (Å²) in [5.41, 5.74) is 0.764. The molecule has 6 rings (SSSR count). The van der Waals surface area contributed by atoms with Crippen LogP contribution in [0.3, 0.4) is 0 Å². The van der Waals surface area contributed by atoms with Gasteiger partial charge in [0, 0.05) is 22.7 Å². The Morgan fingerprint density at radius 1 is 0.875 bits per heavy atom. The number of imide groups is 1. The van der Waals surface area contributed by atoms with Crippen molar-refractivity contribution in [2.45, 2.75) is 25.4 Å². The molecular formula is C26H23N3O3. The molecule has 3 aliphatic heterocycles. The zero-order valence-corrected chi connectivity index (χ0v) is 17.8. The first-order valence-electron chi connectivity index (χ1n) is 11.0. The molecule has 0 unspecified atom stereocenters. The minimum atomic E-state index is -1.25. The summed E-state index contributed by atoms with van der Waals surface area (Å²) in [4.78, 5) is 42.6. The van der Waals surface area contributed by atoms with Gasteiger partial charge in [-0.25, -0.2) is 4.90 Å². The van der Waals surface area contributed by atoms with Crippen molar-refractivity contribution in [1.29, 1.82) is 0 Å². The first-order chi connectivity index (χ1) is 15.4. The third kappa shape index (κ3) is 2.25. The average molecular weight is 425 g/mol. The number of amides is 3. The summed E-state index contributed by atoms with van der Waals surface area (Å²) in [6.07, 6.45) is 0. The largest absolute Gasteiger partial charge is 0.324 e. The van der Waals surface area contributed by atoms with Gasteiger partial charge in [-0.15, -0.1) is 0 Å². The normalized spacial score (nSPS) is 28.7. The Labute approximate surface area is 185 Å². The van der Waals surface area contributed by atoms with E-state index in [4.69, 9.17) is 0 Å². The zero-order valence-electron chi connectivity index (χ0n) is 17.8. The maximum atomic E-state index is 14.0. The number of nitrogens with one attached hydrogen (secondary N) is 2. The fraction of sp³-hybridized carbons (Fsp3) is 0.269. The van der Waals surface area contributed by atoms with Crippen LogP contribution in [0.15, 0.2) is 66.7 Å². The second kappa shape index (κ2) is 6.50. The molecule has 3 heterocycles. The standard InChI is InChI=1S/C26H23N3O3/c1-14(2)22-20-21(26(28-22)17-11-5-6-12-18(17)27-25(26)32)24(31)29(23(20)30)19-13-7-9-15-8-3-4-10-16(15)19/h3-14,20-22,28H,1-2H3,(H,27,32)/t20-,21-,22+,26+/m1/s1. The van der Waals surface area contributed by atoms with Crippen molar-refractivity contribution < 1.29 is 14.4 Å². The van der Waals surface area contributed by atoms with Gasteiger partial charge in [0.2, 0.25) is 17.7 Å². The molecule has 1 spiro atoms. The van der Waals surface area contributed by atoms with Gasteiger partial charge >= 0.3 is 0 Å². The van der Waals surface area contributed by atoms with Crippen LogP contribution in [0, 0.1) is 17.8 Å². The van der Waals surface area contributed by atoms with Gasteiger partial charge in [-0.05, 0) is 23.4 Å². The molecule has 4 atom stereocenters. The highest BCUT2D eigenvalue weighted by molar-refractivity contribution is 6.28. The molecule has 3 amide bonds. The number of carbonyl (C=O) groups excluding carboxylic acids is 3. The molecule has 32 heavy (non-hydrogen) atoms. The lowest BCUT2D eigenvalue weighted by Crippen LogP contribution is -2.54. The van der Waals surface area contributed by atoms with Crippen LogP contribution in [-0.2, 0) is 19.9 Å². The van der Waals surface area contributed by atoms with E-state index in [2.05, 4.69) is 10.6 Å². The van der Waals surface area contributed by atoms with Crippen LogP contribution < -0.4 is 15.5 Å². The van der Waals surface area contributed by atoms with E-state index in [-0.39, 0.29) is 29.7 Å². The number of anilines is 2. The van der Waals surface area contributed by atoms with Crippen molar-refractivity contribution in [1.82, 2.24) is 5.32 Å². The Morgan fingerprint density at radius 2 is 1.59 bits per heavy atom. The van der Waals surface area contributed by atoms with E-state index < -0.39 is 17.4 Å². The molecule has 0 radical (unpaired) electrons. The molecule has 0 aliphatic carbocycles. The number of carbonyl (C=O) groups is 3. The van der Waals surface area contributed by atoms with Crippen LogP contribution >= 0.6 is 0 Å². The zero-order chi connectivity index (χ0) is 22.2. The quantitative estimate of drug-likeness (QED) is 0.617. The lowest BCUT2D eigenvalue weighted by Gasteiger charge is -2.30. The van der Waals surface area contributed by atoms with Crippen molar-refractivity contribution in [3.8, 4) is 0 Å². The van der Waals surface area contributed by atoms with Crippen LogP contribution in [0.5, 0.6) is 0 Å². The number of rotatable bonds is 2. The topological polar surface area (TPSA) is 78.5 Å². The van der Waals surface area contributed by atoms with E-state index >= 15 is 0 Å². The van der Waals surface area contributed by atoms with Gasteiger partial charge in [0.1, 0.15) is 5.54 Å². The summed E-state index contributed by atoms with van der Waals surface area (Å²) in [6, 6.07) is 20.5. The molecule has 2 fully saturated rings. The molecule has 2 saturated heterocycles. The summed E-state index contributed by atoms with van der Waals surface area (Å²) in [6.45, 7) is 4.04. The van der Waals surface area contributed by atoms with Crippen molar-refractivity contribution in [2.24, 2.45) is 17.8 Å². The Bertz CT molecular complexity index is 1310. The second-order valence-corrected chi connectivity index (χ2v) is 9.24. The summed E-state index contributed by atoms with van der Waals surface area (Å²) in [7, 11) is 0. The van der Waals surface area contributed by atoms with Crippen LogP contribution in [0.25, 0.3) is 10.8 Å². The summed E-state index contributed by atoms with van der Waals surface area (Å²) in [5.74, 6) is -2.18. The molecule has 3 aromatic rings. The summed E-state index contributed by atoms with van der Waals surface area (Å²) in [5, 5.41) is 8.20. The van der Waals surface area contributed by atoms with Crippen molar-refractivity contribution in [2.75, 3.05) is 10.2 Å². The first kappa shape index (κ1) is 19.2. The van der Waals surface area contributed by atoms with E-state index in [1.807, 2.05) is 80.6 Å². The Hall–Kier alpha value is -3.51. The molecule has 0 bridgehead atoms. The number of hydrogen-bond donors (Lipinski definition) is 2. The van der Waals surface area contributed by atoms with E-state index in [1.54, 1.807) is 0 Å². The Balaban J connectivity index is 1.56. The fourth-order valence-corrected chi connectivity index (χ4v) is 5.90. The van der Waals surface area contributed by atoms with E-state index in [0.717, 1.165) is 16.3 Å². The van der Waals surface area contributed by atoms with Crippen molar-refractivity contribution in [3.63, 3.8) is 0 Å². The van der Waals surface area contributed by atoms with Gasteiger partial charge in [-0.2, -0.15) is 0 Å². The average Bonchev–Trinajstić information content (AvgIpc) is 3.38. The third-order valence-electron chi connectivity index (χ3n) is 7.28. The number of para-hydroxylation sites is 1. The molecule has 0 aromatic heterocycles. The van der Waals surface area contributed by atoms with Gasteiger partial charge < -0.3 is 5.32 Å². The van der Waals surface area contributed by atoms with Gasteiger partial charge in [0.05, 0.1) is 17.5 Å². The SMILES string of the molecule is CC(C)[C@@H]1N[C@]2(C(=O)Nc3ccccc32)[C@H]2C(=O)N(c3cccc4ccccc34)C(=O)[C@@H]12. The highest BCUT2D eigenvalue weighted by Crippen LogP contribution is 2.54. The number of benzene rings is 3. The smallest absolute Gasteiger partial charge is 0.250 e. The van der Waals surface area contributed by atoms with E-state index in [0.29, 0.717) is 11.4 Å². The molecule has 3 aliphatic rings. The van der Waals surface area contributed by atoms with Crippen LogP contribution in [-0.4, -0.2) is 23.8 Å². The van der Waals surface area contributed by atoms with Crippen LogP contribution in [0.4, 0.5) is 11.4 Å². The van der Waals surface area contributed by atoms with Crippen molar-refractivity contribution in [3.05, 3.63) is 72.3 Å². The summed E-state index contributed by atoms with van der Waals surface area (Å²) >= 11 is 0. The monoisotopic (exact) mass is 425 g/mol. The van der Waals surface area contributed by atoms with E-state index in [1.165, 1.54) is 4.90 Å². The maximum Gasteiger partial charge on any atom is 0.250 e. The molecule has 2 N–H and O–H groups in total. The molecule has 3 aromatic carbocycles. The first-order valence-corrected chi connectivity index (χ1v) is 11.0. The van der Waals surface area contributed by atoms with Crippen LogP contribution in [0.1, 0.15) is 19.4 Å². The van der Waals surface area contributed by atoms with Gasteiger partial charge in [0.15, 0.2) is 0 Å². The molecule has 160 valence electrons. The lowest BCUT2D eigenvalue weighted by molar-refractivity contribution is -0.130. The van der Waals surface area contributed by atoms with Gasteiger partial charge in [-0.1, -0.05) is 68.4 Å². The van der Waals surface area contributed by atoms with Gasteiger partial charge in [0.25, 0.3) is 0 Å². The lowest BCUT2D eigenvalue weighted by atomic mass is 9.76. The Morgan fingerprint density at radius 3 is 2.41 bits per heavy atom. The maximum absolute atomic E-state index is 14.0. The van der Waals surface area contributed by atoms with Crippen LogP contribution in [0.2, 0.25) is 0 Å².